The van der Waals surface area contributed by atoms with E-state index in [-0.39, 0.29) is 29.6 Å². The lowest BCUT2D eigenvalue weighted by atomic mass is 9.81. The molecule has 0 bridgehead atoms. The van der Waals surface area contributed by atoms with Crippen LogP contribution in [0.3, 0.4) is 0 Å². The number of hydrogen-bond donors (Lipinski definition) is 1. The first-order valence-electron chi connectivity index (χ1n) is 19.0. The lowest BCUT2D eigenvalue weighted by molar-refractivity contribution is 0.0409. The molecule has 2 amide bonds. The number of carbonyl (C=O) groups excluding carboxylic acids is 2. The van der Waals surface area contributed by atoms with Gasteiger partial charge in [0.1, 0.15) is 5.75 Å². The van der Waals surface area contributed by atoms with Gasteiger partial charge >= 0.3 is 10.2 Å². The number of likely N-dealkylation sites (N-methyl/N-ethyl adjacent to an activating group) is 1. The summed E-state index contributed by atoms with van der Waals surface area (Å²) in [5.41, 5.74) is 7.09. The summed E-state index contributed by atoms with van der Waals surface area (Å²) < 4.78 is 38.4. The van der Waals surface area contributed by atoms with E-state index >= 15 is 0 Å². The lowest BCUT2D eigenvalue weighted by Crippen LogP contribution is -2.56. The fourth-order valence-corrected chi connectivity index (χ4v) is 8.95. The van der Waals surface area contributed by atoms with Crippen LogP contribution in [0.1, 0.15) is 109 Å². The van der Waals surface area contributed by atoms with Gasteiger partial charge in [-0.05, 0) is 101 Å². The first-order valence-corrected chi connectivity index (χ1v) is 20.4. The Hall–Kier alpha value is -4.53. The zero-order chi connectivity index (χ0) is 38.6. The molecular weight excluding hydrogens is 705 g/mol. The van der Waals surface area contributed by atoms with Gasteiger partial charge in [0.15, 0.2) is 5.69 Å². The molecule has 0 spiro atoms. The van der Waals surface area contributed by atoms with Gasteiger partial charge in [-0.2, -0.15) is 12.7 Å². The van der Waals surface area contributed by atoms with Crippen LogP contribution in [0.5, 0.6) is 5.75 Å². The van der Waals surface area contributed by atoms with Gasteiger partial charge in [-0.25, -0.2) is 9.40 Å². The monoisotopic (exact) mass is 756 g/mol. The van der Waals surface area contributed by atoms with Crippen LogP contribution in [0.25, 0.3) is 33.8 Å². The van der Waals surface area contributed by atoms with E-state index in [1.807, 2.05) is 41.6 Å². The van der Waals surface area contributed by atoms with Crippen LogP contribution >= 0.6 is 0 Å². The second-order valence-electron chi connectivity index (χ2n) is 15.7. The summed E-state index contributed by atoms with van der Waals surface area (Å²) in [4.78, 5) is 32.2. The van der Waals surface area contributed by atoms with Crippen LogP contribution in [-0.2, 0) is 16.8 Å². The zero-order valence-corrected chi connectivity index (χ0v) is 33.4. The van der Waals surface area contributed by atoms with Gasteiger partial charge in [0.2, 0.25) is 0 Å². The maximum atomic E-state index is 14.5. The molecule has 0 radical (unpaired) electrons. The van der Waals surface area contributed by atoms with Gasteiger partial charge in [0.25, 0.3) is 11.8 Å². The predicted octanol–water partition coefficient (Wildman–Crippen LogP) is 5.79. The maximum absolute atomic E-state index is 14.5. The molecule has 4 aromatic rings. The van der Waals surface area contributed by atoms with Crippen molar-refractivity contribution in [2.24, 2.45) is 0 Å². The van der Waals surface area contributed by atoms with Crippen molar-refractivity contribution in [1.29, 1.82) is 0 Å². The van der Waals surface area contributed by atoms with E-state index in [1.165, 1.54) is 26.1 Å². The Labute approximate surface area is 318 Å². The number of nitrogens with one attached hydrogen (secondary N) is 1. The van der Waals surface area contributed by atoms with Gasteiger partial charge < -0.3 is 14.2 Å². The average molecular weight is 757 g/mol. The van der Waals surface area contributed by atoms with Crippen molar-refractivity contribution >= 4 is 44.6 Å². The number of methoxy groups -OCH3 is 1. The first kappa shape index (κ1) is 37.8. The third-order valence-corrected chi connectivity index (χ3v) is 13.0. The molecule has 2 aromatic heterocycles. The highest BCUT2D eigenvalue weighted by Gasteiger charge is 2.36. The Morgan fingerprint density at radius 1 is 0.981 bits per heavy atom. The molecule has 13 nitrogen and oxygen atoms in total. The quantitative estimate of drug-likeness (QED) is 0.239. The molecule has 2 fully saturated rings. The van der Waals surface area contributed by atoms with Crippen molar-refractivity contribution < 1.29 is 22.7 Å². The number of hydrogen-bond acceptors (Lipinski definition) is 8. The number of aromatic nitrogens is 4. The summed E-state index contributed by atoms with van der Waals surface area (Å²) in [7, 11) is 2.49. The Balaban J connectivity index is 1.46. The van der Waals surface area contributed by atoms with Crippen molar-refractivity contribution in [1.82, 2.24) is 38.4 Å². The van der Waals surface area contributed by atoms with Crippen molar-refractivity contribution in [3.8, 4) is 17.0 Å². The average Bonchev–Trinajstić information content (AvgIpc) is 3.68. The fourth-order valence-electron chi connectivity index (χ4n) is 8.41. The minimum atomic E-state index is -4.01. The first-order chi connectivity index (χ1) is 25.7. The van der Waals surface area contributed by atoms with Crippen molar-refractivity contribution in [2.75, 3.05) is 41.3 Å². The normalized spacial score (nSPS) is 19.8. The van der Waals surface area contributed by atoms with E-state index in [0.29, 0.717) is 42.7 Å². The molecule has 2 aliphatic heterocycles. The Kier molecular flexibility index (Phi) is 10.2. The van der Waals surface area contributed by atoms with Crippen LogP contribution in [-0.4, -0.2) is 107 Å². The molecule has 3 aliphatic rings. The second-order valence-corrected chi connectivity index (χ2v) is 17.5. The zero-order valence-electron chi connectivity index (χ0n) is 32.6. The molecule has 1 aliphatic carbocycles. The summed E-state index contributed by atoms with van der Waals surface area (Å²) in [6.45, 7) is 9.85. The van der Waals surface area contributed by atoms with Gasteiger partial charge in [-0.15, -0.1) is 5.10 Å². The summed E-state index contributed by atoms with van der Waals surface area (Å²) in [6.07, 6.45) is 7.69. The van der Waals surface area contributed by atoms with E-state index in [9.17, 15) is 18.0 Å². The van der Waals surface area contributed by atoms with Crippen molar-refractivity contribution in [3.63, 3.8) is 0 Å². The molecular formula is C40H52N8O5S. The smallest absolute Gasteiger partial charge is 0.303 e. The molecule has 1 saturated heterocycles. The predicted molar refractivity (Wildman–Crippen MR) is 211 cm³/mol. The largest absolute Gasteiger partial charge is 0.497 e. The number of carbonyl (C=O) groups is 2. The number of piperazine rings is 1. The highest BCUT2D eigenvalue weighted by molar-refractivity contribution is 7.87. The van der Waals surface area contributed by atoms with E-state index in [1.54, 1.807) is 19.2 Å². The number of benzene rings is 2. The van der Waals surface area contributed by atoms with Gasteiger partial charge in [-0.3, -0.25) is 14.5 Å². The number of ether oxygens (including phenoxy) is 1. The second kappa shape index (κ2) is 14.6. The standard InChI is InChI=1S/C40H52N8O5S/c1-24(2)48-37(36(41-43-48)40(50)46-21-25(3)45(7)26(4)22-46)30-18-29-19-31(53-8)15-17-32(29)38-35(27-12-10-9-11-13-27)33-16-14-28(20-34(33)47(38)23-30)39(49)42-54(51,52)44(5)6/h14-20,24-27H,9-13,21-23H2,1-8H3,(H,42,49). The number of nitrogens with zero attached hydrogens (tertiary/aromatic N) is 7. The number of amides is 2. The topological polar surface area (TPSA) is 135 Å². The van der Waals surface area contributed by atoms with E-state index in [4.69, 9.17) is 4.74 Å². The van der Waals surface area contributed by atoms with Crippen LogP contribution in [0.15, 0.2) is 36.4 Å². The van der Waals surface area contributed by atoms with E-state index < -0.39 is 16.1 Å². The van der Waals surface area contributed by atoms with Gasteiger partial charge in [0, 0.05) is 72.9 Å². The molecule has 2 atom stereocenters. The molecule has 2 unspecified atom stereocenters. The van der Waals surface area contributed by atoms with Gasteiger partial charge in [-0.1, -0.05) is 30.5 Å². The molecule has 1 N–H and O–H groups in total. The van der Waals surface area contributed by atoms with Crippen LogP contribution in [0, 0.1) is 0 Å². The minimum absolute atomic E-state index is 0.0964. The third-order valence-electron chi connectivity index (χ3n) is 11.6. The molecule has 14 heteroatoms. The molecule has 4 heterocycles. The molecule has 54 heavy (non-hydrogen) atoms. The summed E-state index contributed by atoms with van der Waals surface area (Å²) in [5, 5.41) is 10.2. The van der Waals surface area contributed by atoms with Crippen molar-refractivity contribution in [3.05, 3.63) is 64.5 Å². The highest BCUT2D eigenvalue weighted by atomic mass is 32.2. The molecule has 7 rings (SSSR count). The Morgan fingerprint density at radius 3 is 2.33 bits per heavy atom. The van der Waals surface area contributed by atoms with Crippen LogP contribution in [0.2, 0.25) is 0 Å². The maximum Gasteiger partial charge on any atom is 0.303 e. The highest BCUT2D eigenvalue weighted by Crippen LogP contribution is 2.48. The molecule has 288 valence electrons. The number of fused-ring (bicyclic) bond motifs is 5. The van der Waals surface area contributed by atoms with Crippen molar-refractivity contribution in [2.45, 2.75) is 90.4 Å². The summed E-state index contributed by atoms with van der Waals surface area (Å²) >= 11 is 0. The summed E-state index contributed by atoms with van der Waals surface area (Å²) in [5.74, 6) is 0.146. The molecule has 2 aromatic carbocycles. The van der Waals surface area contributed by atoms with Crippen LogP contribution in [0.4, 0.5) is 0 Å². The van der Waals surface area contributed by atoms with Crippen LogP contribution < -0.4 is 9.46 Å². The fraction of sp³-hybridized carbons (Fsp3) is 0.500. The third kappa shape index (κ3) is 6.72. The van der Waals surface area contributed by atoms with E-state index in [0.717, 1.165) is 63.3 Å². The number of allylic oxidation sites excluding steroid dienone is 1. The molecule has 1 saturated carbocycles. The Morgan fingerprint density at radius 2 is 1.69 bits per heavy atom. The summed E-state index contributed by atoms with van der Waals surface area (Å²) in [6, 6.07) is 11.9. The minimum Gasteiger partial charge on any atom is -0.497 e. The van der Waals surface area contributed by atoms with E-state index in [2.05, 4.69) is 57.5 Å². The Bertz CT molecular complexity index is 2240. The SMILES string of the molecule is COc1ccc2c(c1)C=C(c1c(C(=O)N3CC(C)N(C)C(C)C3)nnn1C(C)C)Cn1c-2c(C2CCCCC2)c2ccc(C(=O)NS(=O)(=O)N(C)C)cc21. The number of rotatable bonds is 8. The van der Waals surface area contributed by atoms with Gasteiger partial charge in [0.05, 0.1) is 25.0 Å². The lowest BCUT2D eigenvalue weighted by Gasteiger charge is -2.42.